The third-order valence-corrected chi connectivity index (χ3v) is 2.68. The Labute approximate surface area is 72.7 Å². The lowest BCUT2D eigenvalue weighted by Crippen LogP contribution is -2.46. The van der Waals surface area contributed by atoms with Gasteiger partial charge in [0.05, 0.1) is 12.0 Å². The Hall–Kier alpha value is -0.570. The predicted octanol–water partition coefficient (Wildman–Crippen LogP) is 0.955. The fourth-order valence-corrected chi connectivity index (χ4v) is 1.63. The molecule has 0 radical (unpaired) electrons. The smallest absolute Gasteiger partial charge is 0.311 e. The van der Waals surface area contributed by atoms with E-state index in [4.69, 9.17) is 4.74 Å². The van der Waals surface area contributed by atoms with Gasteiger partial charge >= 0.3 is 5.97 Å². The van der Waals surface area contributed by atoms with E-state index in [1.165, 1.54) is 0 Å². The first kappa shape index (κ1) is 9.52. The number of cyclic esters (lactones) is 1. The predicted molar refractivity (Wildman–Crippen MR) is 44.5 cm³/mol. The highest BCUT2D eigenvalue weighted by atomic mass is 16.5. The zero-order valence-corrected chi connectivity index (χ0v) is 7.78. The molecule has 12 heavy (non-hydrogen) atoms. The van der Waals surface area contributed by atoms with Crippen LogP contribution in [-0.4, -0.2) is 23.3 Å². The highest BCUT2D eigenvalue weighted by molar-refractivity contribution is 5.73. The van der Waals surface area contributed by atoms with Crippen LogP contribution in [0.3, 0.4) is 0 Å². The number of aliphatic hydroxyl groups is 1. The molecule has 1 heterocycles. The van der Waals surface area contributed by atoms with Gasteiger partial charge in [-0.2, -0.15) is 0 Å². The molecule has 0 aromatic carbocycles. The molecule has 0 spiro atoms. The Kier molecular flexibility index (Phi) is 2.73. The third-order valence-electron chi connectivity index (χ3n) is 2.68. The average Bonchev–Trinajstić information content (AvgIpc) is 2.08. The quantitative estimate of drug-likeness (QED) is 0.599. The lowest BCUT2D eigenvalue weighted by Gasteiger charge is -2.35. The van der Waals surface area contributed by atoms with Gasteiger partial charge in [-0.3, -0.25) is 4.79 Å². The van der Waals surface area contributed by atoms with Crippen molar-refractivity contribution in [2.75, 3.05) is 0 Å². The summed E-state index contributed by atoms with van der Waals surface area (Å²) < 4.78 is 5.13. The van der Waals surface area contributed by atoms with Crippen molar-refractivity contribution in [3.63, 3.8) is 0 Å². The molecule has 1 aliphatic heterocycles. The normalized spacial score (nSPS) is 42.5. The van der Waals surface area contributed by atoms with Crippen LogP contribution in [0, 0.1) is 11.8 Å². The summed E-state index contributed by atoms with van der Waals surface area (Å²) in [5.41, 5.74) is 0. The lowest BCUT2D eigenvalue weighted by atomic mass is 9.85. The zero-order valence-electron chi connectivity index (χ0n) is 7.78. The van der Waals surface area contributed by atoms with Gasteiger partial charge in [-0.05, 0) is 13.3 Å². The first-order chi connectivity index (χ1) is 5.57. The Balaban J connectivity index is 2.70. The van der Waals surface area contributed by atoms with E-state index in [-0.39, 0.29) is 23.9 Å². The van der Waals surface area contributed by atoms with E-state index in [2.05, 4.69) is 0 Å². The number of esters is 1. The average molecular weight is 172 g/mol. The van der Waals surface area contributed by atoms with Crippen LogP contribution in [0.5, 0.6) is 0 Å². The van der Waals surface area contributed by atoms with Crippen molar-refractivity contribution in [2.24, 2.45) is 11.8 Å². The first-order valence-corrected chi connectivity index (χ1v) is 4.46. The second kappa shape index (κ2) is 3.44. The van der Waals surface area contributed by atoms with Gasteiger partial charge in [0.1, 0.15) is 6.10 Å². The summed E-state index contributed by atoms with van der Waals surface area (Å²) in [4.78, 5) is 11.1. The molecule has 3 nitrogen and oxygen atoms in total. The van der Waals surface area contributed by atoms with Crippen LogP contribution in [0.4, 0.5) is 0 Å². The van der Waals surface area contributed by atoms with Gasteiger partial charge in [-0.25, -0.2) is 0 Å². The molecule has 4 atom stereocenters. The summed E-state index contributed by atoms with van der Waals surface area (Å²) >= 11 is 0. The molecule has 70 valence electrons. The van der Waals surface area contributed by atoms with Gasteiger partial charge in [-0.15, -0.1) is 0 Å². The maximum absolute atomic E-state index is 11.1. The number of rotatable bonds is 1. The van der Waals surface area contributed by atoms with E-state index in [1.807, 2.05) is 13.8 Å². The largest absolute Gasteiger partial charge is 0.462 e. The molecule has 1 aliphatic rings. The second-order valence-corrected chi connectivity index (χ2v) is 3.52. The number of hydrogen-bond donors (Lipinski definition) is 1. The number of carbonyl (C=O) groups is 1. The molecule has 0 bridgehead atoms. The monoisotopic (exact) mass is 172 g/mol. The summed E-state index contributed by atoms with van der Waals surface area (Å²) in [6.07, 6.45) is 0.122. The van der Waals surface area contributed by atoms with Crippen LogP contribution in [0.2, 0.25) is 0 Å². The van der Waals surface area contributed by atoms with Crippen LogP contribution in [0.25, 0.3) is 0 Å². The first-order valence-electron chi connectivity index (χ1n) is 4.46. The highest BCUT2D eigenvalue weighted by Gasteiger charge is 2.39. The minimum atomic E-state index is -0.545. The van der Waals surface area contributed by atoms with E-state index in [0.29, 0.717) is 0 Å². The summed E-state index contributed by atoms with van der Waals surface area (Å²) in [7, 11) is 0. The van der Waals surface area contributed by atoms with Gasteiger partial charge < -0.3 is 9.84 Å². The SMILES string of the molecule is CCC1OC(=O)C(C)C(O)C1C. The van der Waals surface area contributed by atoms with Crippen molar-refractivity contribution in [1.29, 1.82) is 0 Å². The molecule has 3 heteroatoms. The van der Waals surface area contributed by atoms with Gasteiger partial charge in [0.2, 0.25) is 0 Å². The molecule has 0 amide bonds. The fraction of sp³-hybridized carbons (Fsp3) is 0.889. The van der Waals surface area contributed by atoms with E-state index in [0.717, 1.165) is 6.42 Å². The summed E-state index contributed by atoms with van der Waals surface area (Å²) in [6, 6.07) is 0. The van der Waals surface area contributed by atoms with Crippen molar-refractivity contribution < 1.29 is 14.6 Å². The molecule has 0 aromatic rings. The van der Waals surface area contributed by atoms with Crippen LogP contribution in [-0.2, 0) is 9.53 Å². The van der Waals surface area contributed by atoms with Gasteiger partial charge in [0.15, 0.2) is 0 Å². The van der Waals surface area contributed by atoms with Crippen molar-refractivity contribution in [1.82, 2.24) is 0 Å². The standard InChI is InChI=1S/C9H16O3/c1-4-7-5(2)8(10)6(3)9(11)12-7/h5-8,10H,4H2,1-3H3. The number of ether oxygens (including phenoxy) is 1. The van der Waals surface area contributed by atoms with Gasteiger partial charge in [0, 0.05) is 5.92 Å². The molecule has 4 unspecified atom stereocenters. The molecule has 1 fully saturated rings. The molecule has 0 aliphatic carbocycles. The van der Waals surface area contributed by atoms with Crippen LogP contribution in [0.15, 0.2) is 0 Å². The second-order valence-electron chi connectivity index (χ2n) is 3.52. The molecular formula is C9H16O3. The van der Waals surface area contributed by atoms with E-state index < -0.39 is 6.10 Å². The molecule has 0 saturated carbocycles. The van der Waals surface area contributed by atoms with Crippen molar-refractivity contribution >= 4 is 5.97 Å². The zero-order chi connectivity index (χ0) is 9.30. The summed E-state index contributed by atoms with van der Waals surface area (Å²) in [6.45, 7) is 5.58. The Morgan fingerprint density at radius 1 is 1.50 bits per heavy atom. The minimum absolute atomic E-state index is 0.0581. The number of carbonyl (C=O) groups excluding carboxylic acids is 1. The Morgan fingerprint density at radius 2 is 2.08 bits per heavy atom. The van der Waals surface area contributed by atoms with Crippen molar-refractivity contribution in [3.05, 3.63) is 0 Å². The fourth-order valence-electron chi connectivity index (χ4n) is 1.63. The van der Waals surface area contributed by atoms with E-state index in [9.17, 15) is 9.90 Å². The van der Waals surface area contributed by atoms with Crippen molar-refractivity contribution in [2.45, 2.75) is 39.4 Å². The van der Waals surface area contributed by atoms with Gasteiger partial charge in [-0.1, -0.05) is 13.8 Å². The van der Waals surface area contributed by atoms with E-state index in [1.54, 1.807) is 6.92 Å². The van der Waals surface area contributed by atoms with Crippen LogP contribution < -0.4 is 0 Å². The summed E-state index contributed by atoms with van der Waals surface area (Å²) in [5.74, 6) is -0.585. The van der Waals surface area contributed by atoms with E-state index >= 15 is 0 Å². The third kappa shape index (κ3) is 1.46. The molecule has 1 N–H and O–H groups in total. The number of aliphatic hydroxyl groups excluding tert-OH is 1. The maximum Gasteiger partial charge on any atom is 0.311 e. The van der Waals surface area contributed by atoms with Crippen LogP contribution >= 0.6 is 0 Å². The van der Waals surface area contributed by atoms with Gasteiger partial charge in [0.25, 0.3) is 0 Å². The van der Waals surface area contributed by atoms with Crippen molar-refractivity contribution in [3.8, 4) is 0 Å². The number of hydrogen-bond acceptors (Lipinski definition) is 3. The minimum Gasteiger partial charge on any atom is -0.462 e. The highest BCUT2D eigenvalue weighted by Crippen LogP contribution is 2.27. The Bertz CT molecular complexity index is 177. The molecule has 1 rings (SSSR count). The Morgan fingerprint density at radius 3 is 2.58 bits per heavy atom. The molecule has 0 aromatic heterocycles. The molecule has 1 saturated heterocycles. The lowest BCUT2D eigenvalue weighted by molar-refractivity contribution is -0.177. The topological polar surface area (TPSA) is 46.5 Å². The maximum atomic E-state index is 11.1. The molecular weight excluding hydrogens is 156 g/mol. The van der Waals surface area contributed by atoms with Crippen LogP contribution in [0.1, 0.15) is 27.2 Å². The summed E-state index contributed by atoms with van der Waals surface area (Å²) in [5, 5.41) is 9.62.